The molecule has 16 heavy (non-hydrogen) atoms. The lowest BCUT2D eigenvalue weighted by Gasteiger charge is -1.99. The molecule has 1 fully saturated rings. The number of hydrogen-bond donors (Lipinski definition) is 2. The fourth-order valence-electron chi connectivity index (χ4n) is 1.25. The number of carbonyl (C=O) groups is 1. The van der Waals surface area contributed by atoms with E-state index in [-0.39, 0.29) is 5.91 Å². The Labute approximate surface area is 107 Å². The van der Waals surface area contributed by atoms with E-state index >= 15 is 0 Å². The summed E-state index contributed by atoms with van der Waals surface area (Å²) in [7, 11) is 0. The van der Waals surface area contributed by atoms with Crippen LogP contribution in [0.15, 0.2) is 23.9 Å². The molecule has 1 aliphatic rings. The van der Waals surface area contributed by atoms with Gasteiger partial charge in [-0.2, -0.15) is 0 Å². The first kappa shape index (κ1) is 11.4. The summed E-state index contributed by atoms with van der Waals surface area (Å²) in [5.74, 6) is -0.254. The first-order valence-corrected chi connectivity index (χ1v) is 5.52. The molecule has 1 heterocycles. The van der Waals surface area contributed by atoms with Crippen LogP contribution in [0.4, 0.5) is 0 Å². The zero-order valence-corrected chi connectivity index (χ0v) is 10.2. The van der Waals surface area contributed by atoms with Crippen molar-refractivity contribution in [1.82, 2.24) is 10.6 Å². The van der Waals surface area contributed by atoms with Crippen molar-refractivity contribution in [3.05, 3.63) is 39.5 Å². The minimum absolute atomic E-state index is 0.254. The van der Waals surface area contributed by atoms with Gasteiger partial charge in [0, 0.05) is 0 Å². The van der Waals surface area contributed by atoms with Gasteiger partial charge in [-0.3, -0.25) is 10.1 Å². The predicted molar refractivity (Wildman–Crippen MR) is 68.3 cm³/mol. The highest BCUT2D eigenvalue weighted by Crippen LogP contribution is 2.23. The minimum atomic E-state index is -0.254. The highest BCUT2D eigenvalue weighted by atomic mass is 35.5. The Hall–Kier alpha value is -1.10. The van der Waals surface area contributed by atoms with Crippen LogP contribution in [-0.4, -0.2) is 11.0 Å². The Kier molecular flexibility index (Phi) is 3.14. The van der Waals surface area contributed by atoms with Crippen molar-refractivity contribution in [3.8, 4) is 0 Å². The van der Waals surface area contributed by atoms with Gasteiger partial charge in [0.1, 0.15) is 5.70 Å². The van der Waals surface area contributed by atoms with E-state index in [2.05, 4.69) is 10.6 Å². The maximum Gasteiger partial charge on any atom is 0.273 e. The zero-order chi connectivity index (χ0) is 11.7. The van der Waals surface area contributed by atoms with E-state index in [0.717, 1.165) is 5.56 Å². The summed E-state index contributed by atoms with van der Waals surface area (Å²) in [6.45, 7) is 0. The first-order chi connectivity index (χ1) is 7.56. The molecule has 1 saturated heterocycles. The van der Waals surface area contributed by atoms with Gasteiger partial charge < -0.3 is 5.32 Å². The summed E-state index contributed by atoms with van der Waals surface area (Å²) in [4.78, 5) is 11.4. The first-order valence-electron chi connectivity index (χ1n) is 4.35. The van der Waals surface area contributed by atoms with Crippen LogP contribution >= 0.6 is 35.4 Å². The molecule has 0 spiro atoms. The lowest BCUT2D eigenvalue weighted by Crippen LogP contribution is -2.21. The SMILES string of the molecule is O=C1NC(=S)N/C1=C\c1ccc(Cl)c(Cl)c1. The van der Waals surface area contributed by atoms with Crippen LogP contribution in [0.3, 0.4) is 0 Å². The Morgan fingerprint density at radius 1 is 1.19 bits per heavy atom. The van der Waals surface area contributed by atoms with Gasteiger partial charge in [-0.1, -0.05) is 29.3 Å². The quantitative estimate of drug-likeness (QED) is 0.609. The van der Waals surface area contributed by atoms with Gasteiger partial charge in [0.05, 0.1) is 10.0 Å². The van der Waals surface area contributed by atoms with Gasteiger partial charge in [-0.15, -0.1) is 0 Å². The van der Waals surface area contributed by atoms with Crippen molar-refractivity contribution in [2.24, 2.45) is 0 Å². The second-order valence-electron chi connectivity index (χ2n) is 3.14. The molecule has 0 aliphatic carbocycles. The third-order valence-electron chi connectivity index (χ3n) is 1.97. The van der Waals surface area contributed by atoms with Crippen LogP contribution < -0.4 is 10.6 Å². The molecule has 3 nitrogen and oxygen atoms in total. The zero-order valence-electron chi connectivity index (χ0n) is 7.88. The second-order valence-corrected chi connectivity index (χ2v) is 4.36. The van der Waals surface area contributed by atoms with E-state index in [4.69, 9.17) is 35.4 Å². The van der Waals surface area contributed by atoms with Crippen LogP contribution in [0.25, 0.3) is 6.08 Å². The van der Waals surface area contributed by atoms with Gasteiger partial charge in [0.25, 0.3) is 5.91 Å². The smallest absolute Gasteiger partial charge is 0.273 e. The Bertz CT molecular complexity index is 514. The van der Waals surface area contributed by atoms with E-state index in [1.54, 1.807) is 24.3 Å². The molecule has 0 bridgehead atoms. The van der Waals surface area contributed by atoms with Gasteiger partial charge in [-0.05, 0) is 36.0 Å². The van der Waals surface area contributed by atoms with E-state index in [1.165, 1.54) is 0 Å². The number of benzene rings is 1. The van der Waals surface area contributed by atoms with Crippen molar-refractivity contribution >= 4 is 52.5 Å². The standard InChI is InChI=1S/C10H6Cl2N2OS/c11-6-2-1-5(3-7(6)12)4-8-9(15)14-10(16)13-8/h1-4H,(H2,13,14,15,16)/b8-4-. The van der Waals surface area contributed by atoms with Crippen LogP contribution in [0.2, 0.25) is 10.0 Å². The fourth-order valence-corrected chi connectivity index (χ4v) is 1.76. The minimum Gasteiger partial charge on any atom is -0.328 e. The third kappa shape index (κ3) is 2.35. The molecule has 0 saturated carbocycles. The molecule has 1 aromatic carbocycles. The Balaban J connectivity index is 2.32. The number of nitrogens with one attached hydrogen (secondary N) is 2. The van der Waals surface area contributed by atoms with Gasteiger partial charge in [0.2, 0.25) is 0 Å². The second kappa shape index (κ2) is 4.41. The van der Waals surface area contributed by atoms with Crippen LogP contribution in [0.1, 0.15) is 5.56 Å². The molecule has 6 heteroatoms. The topological polar surface area (TPSA) is 41.1 Å². The van der Waals surface area contributed by atoms with Gasteiger partial charge in [-0.25, -0.2) is 0 Å². The lowest BCUT2D eigenvalue weighted by molar-refractivity contribution is -0.115. The summed E-state index contributed by atoms with van der Waals surface area (Å²) < 4.78 is 0. The van der Waals surface area contributed by atoms with Crippen molar-refractivity contribution < 1.29 is 4.79 Å². The van der Waals surface area contributed by atoms with Crippen LogP contribution in [0, 0.1) is 0 Å². The van der Waals surface area contributed by atoms with Crippen LogP contribution in [0.5, 0.6) is 0 Å². The highest BCUT2D eigenvalue weighted by molar-refractivity contribution is 7.80. The Morgan fingerprint density at radius 2 is 1.94 bits per heavy atom. The predicted octanol–water partition coefficient (Wildman–Crippen LogP) is 2.34. The van der Waals surface area contributed by atoms with Gasteiger partial charge in [0.15, 0.2) is 5.11 Å². The van der Waals surface area contributed by atoms with E-state index in [1.807, 2.05) is 0 Å². The molecule has 0 atom stereocenters. The molecule has 2 N–H and O–H groups in total. The number of rotatable bonds is 1. The van der Waals surface area contributed by atoms with Crippen molar-refractivity contribution in [2.45, 2.75) is 0 Å². The normalized spacial score (nSPS) is 17.5. The average molecular weight is 273 g/mol. The Morgan fingerprint density at radius 3 is 2.50 bits per heavy atom. The maximum absolute atomic E-state index is 11.4. The van der Waals surface area contributed by atoms with Crippen molar-refractivity contribution in [2.75, 3.05) is 0 Å². The number of halogens is 2. The summed E-state index contributed by atoms with van der Waals surface area (Å²) in [5.41, 5.74) is 1.17. The summed E-state index contributed by atoms with van der Waals surface area (Å²) in [5, 5.41) is 6.43. The largest absolute Gasteiger partial charge is 0.328 e. The molecular weight excluding hydrogens is 267 g/mol. The fraction of sp³-hybridized carbons (Fsp3) is 0. The summed E-state index contributed by atoms with van der Waals surface area (Å²) >= 11 is 16.4. The van der Waals surface area contributed by atoms with Crippen molar-refractivity contribution in [1.29, 1.82) is 0 Å². The van der Waals surface area contributed by atoms with E-state index in [0.29, 0.717) is 20.9 Å². The average Bonchev–Trinajstić information content (AvgIpc) is 2.51. The van der Waals surface area contributed by atoms with Crippen molar-refractivity contribution in [3.63, 3.8) is 0 Å². The number of amides is 1. The number of carbonyl (C=O) groups excluding carboxylic acids is 1. The summed E-state index contributed by atoms with van der Waals surface area (Å²) in [6, 6.07) is 5.10. The lowest BCUT2D eigenvalue weighted by atomic mass is 10.2. The number of thiocarbonyl (C=S) groups is 1. The molecule has 1 aliphatic heterocycles. The highest BCUT2D eigenvalue weighted by Gasteiger charge is 2.19. The maximum atomic E-state index is 11.4. The van der Waals surface area contributed by atoms with E-state index < -0.39 is 0 Å². The molecule has 2 rings (SSSR count). The van der Waals surface area contributed by atoms with E-state index in [9.17, 15) is 4.79 Å². The number of hydrogen-bond acceptors (Lipinski definition) is 2. The third-order valence-corrected chi connectivity index (χ3v) is 2.92. The molecule has 0 radical (unpaired) electrons. The molecule has 1 aromatic rings. The molecule has 0 unspecified atom stereocenters. The molecular formula is C10H6Cl2N2OS. The summed E-state index contributed by atoms with van der Waals surface area (Å²) in [6.07, 6.45) is 1.65. The molecule has 0 aromatic heterocycles. The van der Waals surface area contributed by atoms with Gasteiger partial charge >= 0.3 is 0 Å². The molecule has 1 amide bonds. The monoisotopic (exact) mass is 272 g/mol. The molecule has 82 valence electrons. The van der Waals surface area contributed by atoms with Crippen LogP contribution in [-0.2, 0) is 4.79 Å².